The van der Waals surface area contributed by atoms with Crippen molar-refractivity contribution in [2.24, 2.45) is 5.92 Å². The minimum Gasteiger partial charge on any atom is -0.465 e. The van der Waals surface area contributed by atoms with Gasteiger partial charge in [-0.25, -0.2) is 0 Å². The molecule has 2 fully saturated rings. The highest BCUT2D eigenvalue weighted by Crippen LogP contribution is 2.27. The molecule has 4 nitrogen and oxygen atoms in total. The molecule has 0 saturated heterocycles. The summed E-state index contributed by atoms with van der Waals surface area (Å²) < 4.78 is 17.3. The number of unbranched alkanes of at least 4 members (excludes halogenated alkanes) is 3. The molecule has 0 aromatic carbocycles. The van der Waals surface area contributed by atoms with Crippen molar-refractivity contribution < 1.29 is 19.0 Å². The molecule has 0 aromatic rings. The van der Waals surface area contributed by atoms with E-state index in [1.807, 2.05) is 0 Å². The molecule has 146 valence electrons. The predicted octanol–water partition coefficient (Wildman–Crippen LogP) is 5.03. The van der Waals surface area contributed by atoms with Gasteiger partial charge in [0, 0.05) is 0 Å². The molecule has 0 spiro atoms. The minimum absolute atomic E-state index is 0.00980. The van der Waals surface area contributed by atoms with Crippen molar-refractivity contribution in [1.29, 1.82) is 0 Å². The van der Waals surface area contributed by atoms with Crippen molar-refractivity contribution in [1.82, 2.24) is 0 Å². The van der Waals surface area contributed by atoms with Gasteiger partial charge >= 0.3 is 5.97 Å². The molecule has 0 amide bonds. The lowest BCUT2D eigenvalue weighted by molar-refractivity contribution is -0.151. The van der Waals surface area contributed by atoms with Gasteiger partial charge in [0.1, 0.15) is 0 Å². The molecule has 2 rings (SSSR count). The molecule has 2 aliphatic carbocycles. The molecule has 0 bridgehead atoms. The summed E-state index contributed by atoms with van der Waals surface area (Å²) in [7, 11) is 0. The van der Waals surface area contributed by atoms with Crippen LogP contribution in [-0.4, -0.2) is 38.0 Å². The third kappa shape index (κ3) is 8.54. The summed E-state index contributed by atoms with van der Waals surface area (Å²) in [6.45, 7) is 4.18. The van der Waals surface area contributed by atoms with Gasteiger partial charge in [-0.3, -0.25) is 4.79 Å². The first-order valence-corrected chi connectivity index (χ1v) is 10.7. The van der Waals surface area contributed by atoms with Crippen LogP contribution in [0.3, 0.4) is 0 Å². The normalized spacial score (nSPS) is 25.0. The van der Waals surface area contributed by atoms with Gasteiger partial charge in [0.2, 0.25) is 0 Å². The maximum absolute atomic E-state index is 12.1. The zero-order chi connectivity index (χ0) is 17.7. The summed E-state index contributed by atoms with van der Waals surface area (Å²) in [4.78, 5) is 12.1. The number of carbonyl (C=O) groups is 1. The highest BCUT2D eigenvalue weighted by atomic mass is 16.5. The zero-order valence-electron chi connectivity index (χ0n) is 16.2. The molecule has 25 heavy (non-hydrogen) atoms. The van der Waals surface area contributed by atoms with Crippen LogP contribution in [0.15, 0.2) is 0 Å². The minimum atomic E-state index is 0.00980. The van der Waals surface area contributed by atoms with Crippen LogP contribution < -0.4 is 0 Å². The van der Waals surface area contributed by atoms with Gasteiger partial charge in [-0.2, -0.15) is 0 Å². The van der Waals surface area contributed by atoms with Crippen molar-refractivity contribution in [2.45, 2.75) is 103 Å². The Balaban J connectivity index is 1.47. The molecule has 0 radical (unpaired) electrons. The third-order valence-electron chi connectivity index (χ3n) is 5.59. The topological polar surface area (TPSA) is 44.8 Å². The Kier molecular flexibility index (Phi) is 10.5. The number of ether oxygens (including phenoxy) is 3. The number of carbonyl (C=O) groups excluding carboxylic acids is 1. The molecule has 4 heteroatoms. The second kappa shape index (κ2) is 12.7. The first kappa shape index (κ1) is 20.7. The van der Waals surface area contributed by atoms with E-state index in [1.54, 1.807) is 0 Å². The van der Waals surface area contributed by atoms with E-state index >= 15 is 0 Å². The van der Waals surface area contributed by atoms with E-state index in [0.29, 0.717) is 32.0 Å². The molecule has 0 heterocycles. The fourth-order valence-electron chi connectivity index (χ4n) is 3.95. The van der Waals surface area contributed by atoms with Crippen LogP contribution in [0.2, 0.25) is 0 Å². The van der Waals surface area contributed by atoms with E-state index in [-0.39, 0.29) is 11.9 Å². The maximum Gasteiger partial charge on any atom is 0.308 e. The van der Waals surface area contributed by atoms with Crippen LogP contribution in [0.25, 0.3) is 0 Å². The number of hydrogen-bond acceptors (Lipinski definition) is 4. The number of esters is 1. The first-order valence-electron chi connectivity index (χ1n) is 10.7. The number of rotatable bonds is 11. The van der Waals surface area contributed by atoms with Crippen molar-refractivity contribution in [2.75, 3.05) is 19.8 Å². The average Bonchev–Trinajstić information content (AvgIpc) is 2.66. The quantitative estimate of drug-likeness (QED) is 0.385. The van der Waals surface area contributed by atoms with Crippen LogP contribution in [0.4, 0.5) is 0 Å². The molecule has 0 aliphatic heterocycles. The van der Waals surface area contributed by atoms with Crippen LogP contribution in [-0.2, 0) is 19.0 Å². The number of hydrogen-bond donors (Lipinski definition) is 0. The fraction of sp³-hybridized carbons (Fsp3) is 0.952. The average molecular weight is 355 g/mol. The fourth-order valence-corrected chi connectivity index (χ4v) is 3.95. The molecular weight excluding hydrogens is 316 g/mol. The lowest BCUT2D eigenvalue weighted by Crippen LogP contribution is -2.29. The SMILES string of the molecule is CCCCCCOC(=O)C1CCC(OCCOC2CCCCC2)CC1. The largest absolute Gasteiger partial charge is 0.465 e. The van der Waals surface area contributed by atoms with Crippen molar-refractivity contribution >= 4 is 5.97 Å². The lowest BCUT2D eigenvalue weighted by atomic mass is 9.87. The molecule has 0 atom stereocenters. The Morgan fingerprint density at radius 1 is 0.760 bits per heavy atom. The van der Waals surface area contributed by atoms with Gasteiger partial charge in [0.15, 0.2) is 0 Å². The predicted molar refractivity (Wildman–Crippen MR) is 99.6 cm³/mol. The Hall–Kier alpha value is -0.610. The van der Waals surface area contributed by atoms with Gasteiger partial charge in [-0.05, 0) is 44.9 Å². The van der Waals surface area contributed by atoms with Gasteiger partial charge in [0.25, 0.3) is 0 Å². The molecule has 0 N–H and O–H groups in total. The van der Waals surface area contributed by atoms with Crippen molar-refractivity contribution in [3.05, 3.63) is 0 Å². The zero-order valence-corrected chi connectivity index (χ0v) is 16.2. The van der Waals surface area contributed by atoms with Crippen molar-refractivity contribution in [3.63, 3.8) is 0 Å². The molecule has 2 aliphatic rings. The molecular formula is C21H38O4. The molecule has 0 aromatic heterocycles. The third-order valence-corrected chi connectivity index (χ3v) is 5.59. The van der Waals surface area contributed by atoms with E-state index < -0.39 is 0 Å². The van der Waals surface area contributed by atoms with Gasteiger partial charge < -0.3 is 14.2 Å². The van der Waals surface area contributed by atoms with E-state index in [9.17, 15) is 4.79 Å². The standard InChI is InChI=1S/C21H38O4/c1-2-3-4-8-15-25-21(22)18-11-13-20(14-12-18)24-17-16-23-19-9-6-5-7-10-19/h18-20H,2-17H2,1H3. The summed E-state index contributed by atoms with van der Waals surface area (Å²) in [6, 6.07) is 0. The van der Waals surface area contributed by atoms with E-state index in [4.69, 9.17) is 14.2 Å². The second-order valence-electron chi connectivity index (χ2n) is 7.70. The monoisotopic (exact) mass is 354 g/mol. The highest BCUT2D eigenvalue weighted by molar-refractivity contribution is 5.72. The summed E-state index contributed by atoms with van der Waals surface area (Å²) in [5, 5.41) is 0. The van der Waals surface area contributed by atoms with Crippen molar-refractivity contribution in [3.8, 4) is 0 Å². The molecule has 2 saturated carbocycles. The van der Waals surface area contributed by atoms with E-state index in [0.717, 1.165) is 38.5 Å². The highest BCUT2D eigenvalue weighted by Gasteiger charge is 2.27. The Labute approximate surface area is 154 Å². The summed E-state index contributed by atoms with van der Waals surface area (Å²) in [6.07, 6.45) is 15.5. The van der Waals surface area contributed by atoms with Gasteiger partial charge in [-0.1, -0.05) is 45.4 Å². The Bertz CT molecular complexity index is 344. The smallest absolute Gasteiger partial charge is 0.308 e. The van der Waals surface area contributed by atoms with Crippen LogP contribution in [0.5, 0.6) is 0 Å². The molecule has 0 unspecified atom stereocenters. The summed E-state index contributed by atoms with van der Waals surface area (Å²) >= 11 is 0. The van der Waals surface area contributed by atoms with E-state index in [2.05, 4.69) is 6.92 Å². The van der Waals surface area contributed by atoms with Crippen LogP contribution >= 0.6 is 0 Å². The summed E-state index contributed by atoms with van der Waals surface area (Å²) in [5.41, 5.74) is 0. The first-order chi connectivity index (χ1) is 12.3. The Morgan fingerprint density at radius 3 is 2.04 bits per heavy atom. The van der Waals surface area contributed by atoms with Gasteiger partial charge in [-0.15, -0.1) is 0 Å². The summed E-state index contributed by atoms with van der Waals surface area (Å²) in [5.74, 6) is 0.0973. The Morgan fingerprint density at radius 2 is 1.40 bits per heavy atom. The van der Waals surface area contributed by atoms with Crippen LogP contribution in [0, 0.1) is 5.92 Å². The maximum atomic E-state index is 12.1. The van der Waals surface area contributed by atoms with Crippen LogP contribution in [0.1, 0.15) is 90.4 Å². The lowest BCUT2D eigenvalue weighted by Gasteiger charge is -2.28. The van der Waals surface area contributed by atoms with Gasteiger partial charge in [0.05, 0.1) is 37.9 Å². The van der Waals surface area contributed by atoms with E-state index in [1.165, 1.54) is 44.9 Å². The second-order valence-corrected chi connectivity index (χ2v) is 7.70.